The lowest BCUT2D eigenvalue weighted by molar-refractivity contribution is 0.0734. The second-order valence-corrected chi connectivity index (χ2v) is 7.95. The molecule has 1 aliphatic carbocycles. The quantitative estimate of drug-likeness (QED) is 0.400. The number of benzene rings is 2. The van der Waals surface area contributed by atoms with Gasteiger partial charge in [-0.15, -0.1) is 0 Å². The van der Waals surface area contributed by atoms with Gasteiger partial charge in [-0.25, -0.2) is 4.79 Å². The van der Waals surface area contributed by atoms with E-state index in [9.17, 15) is 4.79 Å². The molecule has 0 heterocycles. The minimum atomic E-state index is -0.323. The number of ether oxygens (including phenoxy) is 2. The lowest BCUT2D eigenvalue weighted by atomic mass is 9.71. The molecule has 0 saturated heterocycles. The van der Waals surface area contributed by atoms with E-state index < -0.39 is 0 Å². The molecule has 0 aromatic heterocycles. The molecule has 28 heavy (non-hydrogen) atoms. The SMILES string of the molecule is CCC[C@@H]1CC[C@@H](c2ccc(C(=O)Oc3ccc(OCC)cc3)cc2)C[C@@H]1C. The van der Waals surface area contributed by atoms with E-state index in [1.54, 1.807) is 12.1 Å². The van der Waals surface area contributed by atoms with E-state index in [0.717, 1.165) is 17.6 Å². The summed E-state index contributed by atoms with van der Waals surface area (Å²) in [5.41, 5.74) is 1.93. The molecule has 3 nitrogen and oxygen atoms in total. The number of hydrogen-bond acceptors (Lipinski definition) is 3. The third-order valence-electron chi connectivity index (χ3n) is 5.97. The Morgan fingerprint density at radius 1 is 0.964 bits per heavy atom. The van der Waals surface area contributed by atoms with Gasteiger partial charge in [-0.2, -0.15) is 0 Å². The second-order valence-electron chi connectivity index (χ2n) is 7.95. The van der Waals surface area contributed by atoms with Gasteiger partial charge in [-0.1, -0.05) is 38.8 Å². The van der Waals surface area contributed by atoms with Crippen molar-refractivity contribution >= 4 is 5.97 Å². The summed E-state index contributed by atoms with van der Waals surface area (Å²) in [4.78, 5) is 12.4. The standard InChI is InChI=1S/C25H32O3/c1-4-6-19-7-12-22(17-18(19)3)20-8-10-21(11-9-20)25(26)28-24-15-13-23(14-16-24)27-5-2/h8-11,13-16,18-19,22H,4-7,12,17H2,1-3H3/t18-,19+,22+/m0/s1. The van der Waals surface area contributed by atoms with Gasteiger partial charge in [0.2, 0.25) is 0 Å². The summed E-state index contributed by atoms with van der Waals surface area (Å²) in [7, 11) is 0. The number of rotatable bonds is 7. The number of carbonyl (C=O) groups is 1. The maximum Gasteiger partial charge on any atom is 0.343 e. The van der Waals surface area contributed by atoms with E-state index in [-0.39, 0.29) is 5.97 Å². The Morgan fingerprint density at radius 3 is 2.25 bits per heavy atom. The van der Waals surface area contributed by atoms with Gasteiger partial charge in [0.15, 0.2) is 0 Å². The van der Waals surface area contributed by atoms with Crippen LogP contribution in [0.25, 0.3) is 0 Å². The summed E-state index contributed by atoms with van der Waals surface area (Å²) in [5.74, 6) is 3.25. The van der Waals surface area contributed by atoms with Gasteiger partial charge in [0.1, 0.15) is 11.5 Å². The Hall–Kier alpha value is -2.29. The molecular weight excluding hydrogens is 348 g/mol. The van der Waals surface area contributed by atoms with Crippen LogP contribution in [0.1, 0.15) is 74.7 Å². The molecule has 0 amide bonds. The molecule has 0 N–H and O–H groups in total. The minimum absolute atomic E-state index is 0.323. The highest BCUT2D eigenvalue weighted by atomic mass is 16.5. The van der Waals surface area contributed by atoms with Crippen molar-refractivity contribution in [2.24, 2.45) is 11.8 Å². The van der Waals surface area contributed by atoms with Crippen LogP contribution >= 0.6 is 0 Å². The first kappa shape index (κ1) is 20.4. The maximum absolute atomic E-state index is 12.4. The lowest BCUT2D eigenvalue weighted by Crippen LogP contribution is -2.21. The highest BCUT2D eigenvalue weighted by Gasteiger charge is 2.27. The molecule has 0 radical (unpaired) electrons. The second kappa shape index (κ2) is 9.77. The van der Waals surface area contributed by atoms with Crippen molar-refractivity contribution in [3.8, 4) is 11.5 Å². The van der Waals surface area contributed by atoms with Crippen LogP contribution in [0.15, 0.2) is 48.5 Å². The fourth-order valence-electron chi connectivity index (χ4n) is 4.39. The summed E-state index contributed by atoms with van der Waals surface area (Å²) in [6.45, 7) is 7.23. The average molecular weight is 381 g/mol. The monoisotopic (exact) mass is 380 g/mol. The van der Waals surface area contributed by atoms with E-state index >= 15 is 0 Å². The van der Waals surface area contributed by atoms with E-state index in [1.165, 1.54) is 37.7 Å². The van der Waals surface area contributed by atoms with Gasteiger partial charge in [0.25, 0.3) is 0 Å². The highest BCUT2D eigenvalue weighted by Crippen LogP contribution is 2.41. The molecule has 150 valence electrons. The number of esters is 1. The van der Waals surface area contributed by atoms with E-state index in [1.807, 2.05) is 31.2 Å². The zero-order valence-electron chi connectivity index (χ0n) is 17.3. The Morgan fingerprint density at radius 2 is 1.64 bits per heavy atom. The Bertz CT molecular complexity index is 748. The van der Waals surface area contributed by atoms with Crippen molar-refractivity contribution in [2.45, 2.75) is 58.8 Å². The van der Waals surface area contributed by atoms with Crippen molar-refractivity contribution in [1.29, 1.82) is 0 Å². The Kier molecular flexibility index (Phi) is 7.13. The van der Waals surface area contributed by atoms with Gasteiger partial charge in [0, 0.05) is 0 Å². The topological polar surface area (TPSA) is 35.5 Å². The Labute approximate surface area is 169 Å². The van der Waals surface area contributed by atoms with E-state index in [2.05, 4.69) is 26.0 Å². The molecule has 1 fully saturated rings. The maximum atomic E-state index is 12.4. The predicted molar refractivity (Wildman–Crippen MR) is 113 cm³/mol. The Balaban J connectivity index is 1.58. The van der Waals surface area contributed by atoms with Gasteiger partial charge < -0.3 is 9.47 Å². The van der Waals surface area contributed by atoms with Gasteiger partial charge in [-0.05, 0) is 85.9 Å². The smallest absolute Gasteiger partial charge is 0.343 e. The molecular formula is C25H32O3. The van der Waals surface area contributed by atoms with Crippen molar-refractivity contribution in [2.75, 3.05) is 6.61 Å². The van der Waals surface area contributed by atoms with Gasteiger partial charge in [0.05, 0.1) is 12.2 Å². The summed E-state index contributed by atoms with van der Waals surface area (Å²) in [6, 6.07) is 15.1. The van der Waals surface area contributed by atoms with Crippen LogP contribution in [-0.4, -0.2) is 12.6 Å². The molecule has 0 bridgehead atoms. The van der Waals surface area contributed by atoms with Gasteiger partial charge in [-0.3, -0.25) is 0 Å². The van der Waals surface area contributed by atoms with Crippen molar-refractivity contribution < 1.29 is 14.3 Å². The molecule has 2 aromatic carbocycles. The normalized spacial score (nSPS) is 21.9. The molecule has 0 aliphatic heterocycles. The van der Waals surface area contributed by atoms with Crippen molar-refractivity contribution in [1.82, 2.24) is 0 Å². The van der Waals surface area contributed by atoms with Crippen LogP contribution < -0.4 is 9.47 Å². The molecule has 1 saturated carbocycles. The van der Waals surface area contributed by atoms with Crippen molar-refractivity contribution in [3.05, 3.63) is 59.7 Å². The molecule has 3 rings (SSSR count). The largest absolute Gasteiger partial charge is 0.494 e. The fourth-order valence-corrected chi connectivity index (χ4v) is 4.39. The fraction of sp³-hybridized carbons (Fsp3) is 0.480. The molecule has 1 aliphatic rings. The third-order valence-corrected chi connectivity index (χ3v) is 5.97. The summed E-state index contributed by atoms with van der Waals surface area (Å²) < 4.78 is 10.9. The van der Waals surface area contributed by atoms with Crippen LogP contribution in [0.3, 0.4) is 0 Å². The van der Waals surface area contributed by atoms with Crippen LogP contribution in [-0.2, 0) is 0 Å². The summed E-state index contributed by atoms with van der Waals surface area (Å²) in [6.07, 6.45) is 6.46. The molecule has 3 atom stereocenters. The molecule has 0 unspecified atom stereocenters. The lowest BCUT2D eigenvalue weighted by Gasteiger charge is -2.34. The zero-order valence-corrected chi connectivity index (χ0v) is 17.3. The van der Waals surface area contributed by atoms with Crippen molar-refractivity contribution in [3.63, 3.8) is 0 Å². The zero-order chi connectivity index (χ0) is 19.9. The number of carbonyl (C=O) groups excluding carboxylic acids is 1. The predicted octanol–water partition coefficient (Wildman–Crippen LogP) is 6.62. The van der Waals surface area contributed by atoms with E-state index in [0.29, 0.717) is 23.8 Å². The minimum Gasteiger partial charge on any atom is -0.494 e. The summed E-state index contributed by atoms with van der Waals surface area (Å²) in [5, 5.41) is 0. The third kappa shape index (κ3) is 5.15. The highest BCUT2D eigenvalue weighted by molar-refractivity contribution is 5.91. The molecule has 2 aromatic rings. The molecule has 0 spiro atoms. The number of hydrogen-bond donors (Lipinski definition) is 0. The first-order valence-corrected chi connectivity index (χ1v) is 10.7. The average Bonchev–Trinajstić information content (AvgIpc) is 2.71. The van der Waals surface area contributed by atoms with Crippen LogP contribution in [0.5, 0.6) is 11.5 Å². The van der Waals surface area contributed by atoms with E-state index in [4.69, 9.17) is 9.47 Å². The molecule has 3 heteroatoms. The van der Waals surface area contributed by atoms with Crippen LogP contribution in [0.2, 0.25) is 0 Å². The van der Waals surface area contributed by atoms with Gasteiger partial charge >= 0.3 is 5.97 Å². The first-order valence-electron chi connectivity index (χ1n) is 10.7. The van der Waals surface area contributed by atoms with Crippen LogP contribution in [0, 0.1) is 11.8 Å². The van der Waals surface area contributed by atoms with Crippen LogP contribution in [0.4, 0.5) is 0 Å². The first-order chi connectivity index (χ1) is 13.6. The summed E-state index contributed by atoms with van der Waals surface area (Å²) >= 11 is 0.